The molecule has 1 aliphatic heterocycles. The monoisotopic (exact) mass is 529 g/mol. The molecule has 0 saturated carbocycles. The van der Waals surface area contributed by atoms with Crippen molar-refractivity contribution in [3.63, 3.8) is 0 Å². The first kappa shape index (κ1) is 28.6. The van der Waals surface area contributed by atoms with E-state index >= 15 is 0 Å². The van der Waals surface area contributed by atoms with Crippen LogP contribution in [0.15, 0.2) is 35.4 Å². The second-order valence-corrected chi connectivity index (χ2v) is 15.1. The predicted molar refractivity (Wildman–Crippen MR) is 140 cm³/mol. The Morgan fingerprint density at radius 2 is 1.68 bits per heavy atom. The van der Waals surface area contributed by atoms with Crippen molar-refractivity contribution in [2.45, 2.75) is 50.6 Å². The number of amides is 2. The first-order valence-corrected chi connectivity index (χ1v) is 14.4. The third-order valence-corrected chi connectivity index (χ3v) is 10.6. The largest absolute Gasteiger partial charge is 0.330 e. The van der Waals surface area contributed by atoms with Gasteiger partial charge in [-0.3, -0.25) is 9.59 Å². The number of carbonyl (C=O) groups excluding carboxylic acids is 2. The van der Waals surface area contributed by atoms with Gasteiger partial charge >= 0.3 is 0 Å². The predicted octanol–water partition coefficient (Wildman–Crippen LogP) is 2.24. The van der Waals surface area contributed by atoms with Gasteiger partial charge in [0.1, 0.15) is 0 Å². The summed E-state index contributed by atoms with van der Waals surface area (Å²) in [6.07, 6.45) is 1.03. The Bertz CT molecular complexity index is 1060. The van der Waals surface area contributed by atoms with Crippen molar-refractivity contribution in [1.29, 1.82) is 0 Å². The maximum absolute atomic E-state index is 13.7. The van der Waals surface area contributed by atoms with Crippen LogP contribution in [0.5, 0.6) is 0 Å². The highest BCUT2D eigenvalue weighted by Crippen LogP contribution is 2.57. The second-order valence-electron chi connectivity index (χ2n) is 10.2. The quantitative estimate of drug-likeness (QED) is 0.475. The molecule has 1 aromatic carbocycles. The Balaban J connectivity index is 2.88. The van der Waals surface area contributed by atoms with Gasteiger partial charge in [-0.2, -0.15) is 0 Å². The van der Waals surface area contributed by atoms with Crippen LogP contribution in [-0.2, 0) is 24.3 Å². The summed E-state index contributed by atoms with van der Waals surface area (Å²) < 4.78 is 24.7. The van der Waals surface area contributed by atoms with Crippen LogP contribution in [-0.4, -0.2) is 53.2 Å². The van der Waals surface area contributed by atoms with Crippen LogP contribution in [0.4, 0.5) is 0 Å². The van der Waals surface area contributed by atoms with Crippen LogP contribution in [0.25, 0.3) is 0 Å². The first-order chi connectivity index (χ1) is 15.4. The molecule has 0 bridgehead atoms. The molecule has 190 valence electrons. The molecule has 2 atom stereocenters. The number of sulfone groups is 1. The lowest BCUT2D eigenvalue weighted by molar-refractivity contribution is -0.143. The van der Waals surface area contributed by atoms with Crippen LogP contribution < -0.4 is 16.8 Å². The number of nitrogens with one attached hydrogen (secondary N) is 1. The average molecular weight is 530 g/mol. The van der Waals surface area contributed by atoms with Gasteiger partial charge in [-0.15, -0.1) is 16.9 Å². The number of hydrogen-bond acceptors (Lipinski definition) is 9. The van der Waals surface area contributed by atoms with Gasteiger partial charge in [0.15, 0.2) is 19.9 Å². The molecular weight excluding hydrogens is 494 g/mol. The summed E-state index contributed by atoms with van der Waals surface area (Å²) in [5, 5.41) is 8.45. The van der Waals surface area contributed by atoms with Crippen LogP contribution in [0.3, 0.4) is 0 Å². The zero-order valence-electron chi connectivity index (χ0n) is 20.7. The Kier molecular flexibility index (Phi) is 8.26. The fraction of sp³-hybridized carbons (Fsp3) is 0.591. The van der Waals surface area contributed by atoms with E-state index in [2.05, 4.69) is 10.4 Å². The van der Waals surface area contributed by atoms with Crippen molar-refractivity contribution in [2.24, 2.45) is 27.4 Å². The lowest BCUT2D eigenvalue weighted by Gasteiger charge is -2.47. The molecule has 0 aliphatic carbocycles. The molecule has 12 heteroatoms. The molecule has 5 N–H and O–H groups in total. The number of carbonyl (C=O) groups is 2. The number of benzene rings is 1. The van der Waals surface area contributed by atoms with Crippen LogP contribution in [0.2, 0.25) is 0 Å². The summed E-state index contributed by atoms with van der Waals surface area (Å²) in [5.41, 5.74) is 11.3. The fourth-order valence-corrected chi connectivity index (χ4v) is 7.81. The number of hydrazone groups is 1. The Hall–Kier alpha value is -1.60. The highest BCUT2D eigenvalue weighted by atomic mass is 32.3. The standard InChI is InChI=1S/C22H35N5O4S3/c1-19(2,3)16(28)25-18-26-27(17(29)20(4,5)6)21(33-18,15-11-9-8-10-12-15)22(24,32-14-13-23)34(7,30)31/h8-12H,13-14,23-24H2,1-7H3,(H,25,26,28). The zero-order chi connectivity index (χ0) is 26.2. The number of thioether (sulfide) groups is 2. The minimum Gasteiger partial charge on any atom is -0.330 e. The Labute approximate surface area is 210 Å². The molecule has 2 unspecified atom stereocenters. The number of nitrogens with two attached hydrogens (primary N) is 2. The third-order valence-electron chi connectivity index (χ3n) is 5.09. The molecule has 2 amide bonds. The van der Waals surface area contributed by atoms with Gasteiger partial charge in [-0.05, 0) is 17.3 Å². The molecule has 0 aromatic heterocycles. The molecular formula is C22H35N5O4S3. The lowest BCUT2D eigenvalue weighted by Crippen LogP contribution is -2.66. The van der Waals surface area contributed by atoms with E-state index in [0.717, 1.165) is 34.8 Å². The summed E-state index contributed by atoms with van der Waals surface area (Å²) in [7, 11) is -4.03. The van der Waals surface area contributed by atoms with E-state index < -0.39 is 35.6 Å². The Morgan fingerprint density at radius 1 is 1.12 bits per heavy atom. The summed E-state index contributed by atoms with van der Waals surface area (Å²) >= 11 is 1.89. The molecule has 0 radical (unpaired) electrons. The average Bonchev–Trinajstić information content (AvgIpc) is 3.10. The van der Waals surface area contributed by atoms with Gasteiger partial charge in [-0.25, -0.2) is 13.4 Å². The van der Waals surface area contributed by atoms with Gasteiger partial charge in [-0.1, -0.05) is 71.9 Å². The van der Waals surface area contributed by atoms with Gasteiger partial charge in [0.25, 0.3) is 0 Å². The SMILES string of the molecule is CC(C)(C)C(=O)NC1=NN(C(=O)C(C)(C)C)C(c2ccccc2)(C(N)(SCCN)S(C)(=O)=O)S1. The third kappa shape index (κ3) is 5.30. The van der Waals surface area contributed by atoms with Gasteiger partial charge in [0.2, 0.25) is 16.0 Å². The number of hydrogen-bond donors (Lipinski definition) is 3. The van der Waals surface area contributed by atoms with E-state index in [9.17, 15) is 18.0 Å². The topological polar surface area (TPSA) is 148 Å². The summed E-state index contributed by atoms with van der Waals surface area (Å²) in [4.78, 5) is 24.8. The summed E-state index contributed by atoms with van der Waals surface area (Å²) in [5.74, 6) is -0.557. The molecule has 1 aliphatic rings. The second kappa shape index (κ2) is 9.81. The molecule has 0 spiro atoms. The van der Waals surface area contributed by atoms with Crippen molar-refractivity contribution in [3.05, 3.63) is 35.9 Å². The molecule has 0 saturated heterocycles. The highest BCUT2D eigenvalue weighted by Gasteiger charge is 2.67. The van der Waals surface area contributed by atoms with Crippen LogP contribution >= 0.6 is 23.5 Å². The van der Waals surface area contributed by atoms with E-state index in [1.165, 1.54) is 0 Å². The fourth-order valence-electron chi connectivity index (χ4n) is 3.14. The van der Waals surface area contributed by atoms with Crippen LogP contribution in [0, 0.1) is 10.8 Å². The number of rotatable bonds is 6. The van der Waals surface area contributed by atoms with Gasteiger partial charge in [0.05, 0.1) is 0 Å². The van der Waals surface area contributed by atoms with Crippen molar-refractivity contribution >= 4 is 50.3 Å². The smallest absolute Gasteiger partial charge is 0.249 e. The normalized spacial score (nSPS) is 21.1. The summed E-state index contributed by atoms with van der Waals surface area (Å²) in [6.45, 7) is 10.5. The van der Waals surface area contributed by atoms with E-state index in [-0.39, 0.29) is 23.4 Å². The maximum Gasteiger partial charge on any atom is 0.249 e. The van der Waals surface area contributed by atoms with Gasteiger partial charge in [0, 0.05) is 29.4 Å². The van der Waals surface area contributed by atoms with Crippen molar-refractivity contribution in [3.8, 4) is 0 Å². The van der Waals surface area contributed by atoms with Gasteiger partial charge < -0.3 is 16.8 Å². The van der Waals surface area contributed by atoms with E-state index in [1.807, 2.05) is 0 Å². The lowest BCUT2D eigenvalue weighted by atomic mass is 9.93. The molecule has 0 fully saturated rings. The van der Waals surface area contributed by atoms with E-state index in [0.29, 0.717) is 5.56 Å². The van der Waals surface area contributed by atoms with Crippen molar-refractivity contribution < 1.29 is 18.0 Å². The minimum atomic E-state index is -4.03. The summed E-state index contributed by atoms with van der Waals surface area (Å²) in [6, 6.07) is 8.66. The van der Waals surface area contributed by atoms with E-state index in [4.69, 9.17) is 11.5 Å². The molecule has 1 heterocycles. The number of nitrogens with zero attached hydrogens (tertiary/aromatic N) is 2. The first-order valence-electron chi connectivity index (χ1n) is 10.7. The molecule has 1 aromatic rings. The minimum absolute atomic E-state index is 0.0909. The van der Waals surface area contributed by atoms with Crippen molar-refractivity contribution in [1.82, 2.24) is 10.3 Å². The van der Waals surface area contributed by atoms with E-state index in [1.54, 1.807) is 71.9 Å². The number of amidine groups is 1. The molecule has 34 heavy (non-hydrogen) atoms. The molecule has 2 rings (SSSR count). The van der Waals surface area contributed by atoms with Crippen molar-refractivity contribution in [2.75, 3.05) is 18.6 Å². The zero-order valence-corrected chi connectivity index (χ0v) is 23.2. The highest BCUT2D eigenvalue weighted by molar-refractivity contribution is 8.19. The van der Waals surface area contributed by atoms with Crippen LogP contribution in [0.1, 0.15) is 47.1 Å². The maximum atomic E-state index is 13.7. The molecule has 9 nitrogen and oxygen atoms in total. The Morgan fingerprint density at radius 3 is 2.12 bits per heavy atom.